The standard InChI is InChI=1S/C33H32N2O6S2/c1-39-25-17-16-21(18-26(25)40-2)30(36)34-22-12-9-13-23(19-22)42-29(20-10-5-4-6-11-20)31(37)35-32-28(33(38)41-3)24-14-7-8-15-27(24)43-32/h4-6,9-13,16-19,29H,7-8,14-15H2,1-3H3,(H,34,36)(H,35,37). The predicted molar refractivity (Wildman–Crippen MR) is 170 cm³/mol. The first kappa shape index (κ1) is 30.2. The average Bonchev–Trinajstić information content (AvgIpc) is 3.41. The molecular formula is C33H32N2O6S2. The van der Waals surface area contributed by atoms with Gasteiger partial charge in [-0.05, 0) is 73.2 Å². The molecule has 1 aliphatic carbocycles. The summed E-state index contributed by atoms with van der Waals surface area (Å²) in [5, 5.41) is 5.89. The maximum atomic E-state index is 13.9. The quantitative estimate of drug-likeness (QED) is 0.144. The van der Waals surface area contributed by atoms with Crippen LogP contribution in [0.5, 0.6) is 11.5 Å². The van der Waals surface area contributed by atoms with Crippen molar-refractivity contribution in [2.75, 3.05) is 32.0 Å². The molecule has 1 aromatic heterocycles. The minimum absolute atomic E-state index is 0.250. The molecule has 10 heteroatoms. The van der Waals surface area contributed by atoms with Gasteiger partial charge >= 0.3 is 5.97 Å². The van der Waals surface area contributed by atoms with Gasteiger partial charge in [-0.3, -0.25) is 9.59 Å². The lowest BCUT2D eigenvalue weighted by Gasteiger charge is -2.18. The number of anilines is 2. The number of nitrogens with one attached hydrogen (secondary N) is 2. The van der Waals surface area contributed by atoms with Gasteiger partial charge in [-0.25, -0.2) is 4.79 Å². The normalized spacial score (nSPS) is 12.9. The molecule has 2 N–H and O–H groups in total. The van der Waals surface area contributed by atoms with Crippen molar-refractivity contribution in [1.82, 2.24) is 0 Å². The summed E-state index contributed by atoms with van der Waals surface area (Å²) in [7, 11) is 4.42. The highest BCUT2D eigenvalue weighted by Crippen LogP contribution is 2.41. The third-order valence-corrected chi connectivity index (χ3v) is 9.58. The maximum Gasteiger partial charge on any atom is 0.341 e. The van der Waals surface area contributed by atoms with E-state index in [-0.39, 0.29) is 11.8 Å². The lowest BCUT2D eigenvalue weighted by Crippen LogP contribution is -2.20. The van der Waals surface area contributed by atoms with E-state index in [4.69, 9.17) is 14.2 Å². The fraction of sp³-hybridized carbons (Fsp3) is 0.242. The van der Waals surface area contributed by atoms with E-state index >= 15 is 0 Å². The second-order valence-electron chi connectivity index (χ2n) is 9.86. The van der Waals surface area contributed by atoms with E-state index in [1.807, 2.05) is 48.5 Å². The Morgan fingerprint density at radius 1 is 0.837 bits per heavy atom. The van der Waals surface area contributed by atoms with Crippen LogP contribution in [-0.2, 0) is 22.4 Å². The molecule has 0 saturated carbocycles. The van der Waals surface area contributed by atoms with Gasteiger partial charge in [0.25, 0.3) is 5.91 Å². The highest BCUT2D eigenvalue weighted by molar-refractivity contribution is 8.00. The van der Waals surface area contributed by atoms with Crippen LogP contribution < -0.4 is 20.1 Å². The SMILES string of the molecule is COC(=O)c1c(NC(=O)C(Sc2cccc(NC(=O)c3ccc(OC)c(OC)c3)c2)c2ccccc2)sc2c1CCCC2. The number of ether oxygens (including phenoxy) is 3. The van der Waals surface area contributed by atoms with Crippen molar-refractivity contribution in [2.24, 2.45) is 0 Å². The third kappa shape index (κ3) is 6.87. The molecule has 0 saturated heterocycles. The third-order valence-electron chi connectivity index (χ3n) is 7.13. The molecule has 0 aliphatic heterocycles. The van der Waals surface area contributed by atoms with Crippen LogP contribution in [0.15, 0.2) is 77.7 Å². The van der Waals surface area contributed by atoms with Crippen molar-refractivity contribution in [3.05, 3.63) is 99.9 Å². The molecule has 0 spiro atoms. The molecular weight excluding hydrogens is 585 g/mol. The summed E-state index contributed by atoms with van der Waals surface area (Å²) in [4.78, 5) is 41.6. The van der Waals surface area contributed by atoms with E-state index in [0.29, 0.717) is 33.3 Å². The number of hydrogen-bond donors (Lipinski definition) is 2. The molecule has 0 radical (unpaired) electrons. The molecule has 1 unspecified atom stereocenters. The summed E-state index contributed by atoms with van der Waals surface area (Å²) in [6, 6.07) is 21.8. The summed E-state index contributed by atoms with van der Waals surface area (Å²) < 4.78 is 15.7. The van der Waals surface area contributed by atoms with Crippen molar-refractivity contribution in [3.8, 4) is 11.5 Å². The van der Waals surface area contributed by atoms with Crippen LogP contribution in [0.1, 0.15) is 54.8 Å². The molecule has 1 atom stereocenters. The Labute approximate surface area is 258 Å². The number of esters is 1. The molecule has 3 aromatic carbocycles. The van der Waals surface area contributed by atoms with Gasteiger partial charge in [-0.2, -0.15) is 0 Å². The van der Waals surface area contributed by atoms with E-state index < -0.39 is 11.2 Å². The minimum Gasteiger partial charge on any atom is -0.493 e. The van der Waals surface area contributed by atoms with Gasteiger partial charge in [0, 0.05) is 21.0 Å². The van der Waals surface area contributed by atoms with Crippen molar-refractivity contribution < 1.29 is 28.6 Å². The number of carbonyl (C=O) groups excluding carboxylic acids is 3. The Bertz CT molecular complexity index is 1640. The highest BCUT2D eigenvalue weighted by Gasteiger charge is 2.29. The molecule has 0 fully saturated rings. The fourth-order valence-electron chi connectivity index (χ4n) is 5.01. The van der Waals surface area contributed by atoms with Gasteiger partial charge in [0.2, 0.25) is 5.91 Å². The maximum absolute atomic E-state index is 13.9. The molecule has 1 aliphatic rings. The van der Waals surface area contributed by atoms with Crippen molar-refractivity contribution >= 4 is 51.6 Å². The van der Waals surface area contributed by atoms with Crippen LogP contribution in [0, 0.1) is 0 Å². The van der Waals surface area contributed by atoms with Crippen molar-refractivity contribution in [2.45, 2.75) is 35.8 Å². The van der Waals surface area contributed by atoms with Crippen molar-refractivity contribution in [3.63, 3.8) is 0 Å². The highest BCUT2D eigenvalue weighted by atomic mass is 32.2. The van der Waals surface area contributed by atoms with E-state index in [0.717, 1.165) is 46.6 Å². The first-order chi connectivity index (χ1) is 20.9. The molecule has 5 rings (SSSR count). The number of carbonyl (C=O) groups is 3. The Kier molecular flexibility index (Phi) is 9.68. The monoisotopic (exact) mass is 616 g/mol. The molecule has 1 heterocycles. The van der Waals surface area contributed by atoms with Crippen LogP contribution in [0.2, 0.25) is 0 Å². The van der Waals surface area contributed by atoms with Crippen LogP contribution in [0.25, 0.3) is 0 Å². The zero-order valence-corrected chi connectivity index (χ0v) is 25.7. The number of benzene rings is 3. The molecule has 8 nitrogen and oxygen atoms in total. The summed E-state index contributed by atoms with van der Waals surface area (Å²) >= 11 is 2.82. The first-order valence-corrected chi connectivity index (χ1v) is 15.5. The van der Waals surface area contributed by atoms with E-state index in [1.165, 1.54) is 44.4 Å². The smallest absolute Gasteiger partial charge is 0.341 e. The lowest BCUT2D eigenvalue weighted by molar-refractivity contribution is -0.115. The summed E-state index contributed by atoms with van der Waals surface area (Å²) in [6.07, 6.45) is 3.74. The average molecular weight is 617 g/mol. The van der Waals surface area contributed by atoms with Crippen LogP contribution >= 0.6 is 23.1 Å². The summed E-state index contributed by atoms with van der Waals surface area (Å²) in [5.74, 6) is -0.00376. The van der Waals surface area contributed by atoms with E-state index in [2.05, 4.69) is 10.6 Å². The number of rotatable bonds is 10. The van der Waals surface area contributed by atoms with Gasteiger partial charge in [-0.15, -0.1) is 23.1 Å². The van der Waals surface area contributed by atoms with Gasteiger partial charge in [-0.1, -0.05) is 36.4 Å². The molecule has 222 valence electrons. The zero-order chi connectivity index (χ0) is 30.3. The van der Waals surface area contributed by atoms with E-state index in [9.17, 15) is 14.4 Å². The Morgan fingerprint density at radius 2 is 1.60 bits per heavy atom. The topological polar surface area (TPSA) is 103 Å². The fourth-order valence-corrected chi connectivity index (χ4v) is 7.38. The Hall–Kier alpha value is -4.28. The second kappa shape index (κ2) is 13.8. The molecule has 43 heavy (non-hydrogen) atoms. The number of thioether (sulfide) groups is 1. The lowest BCUT2D eigenvalue weighted by atomic mass is 9.95. The number of amides is 2. The number of methoxy groups -OCH3 is 3. The molecule has 2 amide bonds. The zero-order valence-electron chi connectivity index (χ0n) is 24.1. The number of hydrogen-bond acceptors (Lipinski definition) is 8. The Morgan fingerprint density at radius 3 is 2.35 bits per heavy atom. The Balaban J connectivity index is 1.38. The first-order valence-electron chi connectivity index (χ1n) is 13.8. The van der Waals surface area contributed by atoms with Gasteiger partial charge in [0.15, 0.2) is 11.5 Å². The summed E-state index contributed by atoms with van der Waals surface area (Å²) in [6.45, 7) is 0. The van der Waals surface area contributed by atoms with Crippen LogP contribution in [-0.4, -0.2) is 39.1 Å². The van der Waals surface area contributed by atoms with Gasteiger partial charge < -0.3 is 24.8 Å². The molecule has 4 aromatic rings. The van der Waals surface area contributed by atoms with Gasteiger partial charge in [0.05, 0.1) is 26.9 Å². The van der Waals surface area contributed by atoms with E-state index in [1.54, 1.807) is 24.3 Å². The summed E-state index contributed by atoms with van der Waals surface area (Å²) in [5.41, 5.74) is 3.26. The minimum atomic E-state index is -0.623. The molecule has 0 bridgehead atoms. The number of thiophene rings is 1. The number of aryl methyl sites for hydroxylation is 1. The largest absolute Gasteiger partial charge is 0.493 e. The van der Waals surface area contributed by atoms with Crippen LogP contribution in [0.3, 0.4) is 0 Å². The van der Waals surface area contributed by atoms with Crippen molar-refractivity contribution in [1.29, 1.82) is 0 Å². The predicted octanol–water partition coefficient (Wildman–Crippen LogP) is 7.16. The number of fused-ring (bicyclic) bond motifs is 1. The van der Waals surface area contributed by atoms with Gasteiger partial charge in [0.1, 0.15) is 10.3 Å². The van der Waals surface area contributed by atoms with Crippen LogP contribution in [0.4, 0.5) is 10.7 Å². The second-order valence-corrected chi connectivity index (χ2v) is 12.1.